The van der Waals surface area contributed by atoms with Gasteiger partial charge in [0.05, 0.1) is 0 Å². The molecular formula is C10H23N3O. The Balaban J connectivity index is 4.62. The first kappa shape index (κ1) is 13.4. The lowest BCUT2D eigenvalue weighted by Crippen LogP contribution is -2.55. The summed E-state index contributed by atoms with van der Waals surface area (Å²) in [7, 11) is 0. The average molecular weight is 201 g/mol. The summed E-state index contributed by atoms with van der Waals surface area (Å²) < 4.78 is 0. The van der Waals surface area contributed by atoms with Crippen LogP contribution in [0.1, 0.15) is 34.6 Å². The molecule has 0 rings (SSSR count). The van der Waals surface area contributed by atoms with E-state index in [2.05, 4.69) is 27.7 Å². The zero-order valence-corrected chi connectivity index (χ0v) is 10.1. The molecule has 0 spiro atoms. The van der Waals surface area contributed by atoms with E-state index < -0.39 is 0 Å². The largest absolute Gasteiger partial charge is 0.272 e. The van der Waals surface area contributed by atoms with Crippen molar-refractivity contribution in [3.05, 3.63) is 0 Å². The number of carbonyl (C=O) groups is 1. The predicted octanol–water partition coefficient (Wildman–Crippen LogP) is 1.35. The van der Waals surface area contributed by atoms with Crippen LogP contribution in [-0.2, 0) is 4.79 Å². The summed E-state index contributed by atoms with van der Waals surface area (Å²) in [6.07, 6.45) is 0. The van der Waals surface area contributed by atoms with Crippen LogP contribution in [0.25, 0.3) is 0 Å². The number of hydrogen-bond acceptors (Lipinski definition) is 3. The Morgan fingerprint density at radius 3 is 1.29 bits per heavy atom. The Labute approximate surface area is 87.4 Å². The first-order chi connectivity index (χ1) is 6.62. The summed E-state index contributed by atoms with van der Waals surface area (Å²) in [5.74, 6) is 0.0809. The summed E-state index contributed by atoms with van der Waals surface area (Å²) in [5, 5.41) is 5.82. The molecule has 0 saturated heterocycles. The van der Waals surface area contributed by atoms with E-state index in [1.165, 1.54) is 0 Å². The van der Waals surface area contributed by atoms with E-state index in [9.17, 15) is 4.79 Å². The van der Waals surface area contributed by atoms with Crippen molar-refractivity contribution >= 4 is 5.91 Å². The third-order valence-corrected chi connectivity index (χ3v) is 2.28. The molecular weight excluding hydrogens is 178 g/mol. The van der Waals surface area contributed by atoms with Crippen molar-refractivity contribution in [2.45, 2.75) is 34.6 Å². The van der Waals surface area contributed by atoms with Gasteiger partial charge in [-0.15, -0.1) is 0 Å². The van der Waals surface area contributed by atoms with Crippen molar-refractivity contribution in [1.29, 1.82) is 0 Å². The zero-order chi connectivity index (χ0) is 11.1. The van der Waals surface area contributed by atoms with Crippen LogP contribution in [0.15, 0.2) is 0 Å². The Kier molecular flexibility index (Phi) is 6.49. The molecule has 0 aliphatic heterocycles. The summed E-state index contributed by atoms with van der Waals surface area (Å²) in [4.78, 5) is 11.5. The van der Waals surface area contributed by atoms with E-state index in [1.807, 2.05) is 10.0 Å². The summed E-state index contributed by atoms with van der Waals surface area (Å²) in [6, 6.07) is 0. The lowest BCUT2D eigenvalue weighted by Gasteiger charge is -2.39. The minimum atomic E-state index is 0.0809. The molecule has 0 aromatic rings. The van der Waals surface area contributed by atoms with Crippen LogP contribution in [0.5, 0.6) is 0 Å². The Bertz CT molecular complexity index is 153. The van der Waals surface area contributed by atoms with Crippen molar-refractivity contribution in [3.63, 3.8) is 0 Å². The van der Waals surface area contributed by atoms with Gasteiger partial charge in [-0.25, -0.2) is 15.1 Å². The second kappa shape index (κ2) is 6.79. The highest BCUT2D eigenvalue weighted by Gasteiger charge is 2.20. The van der Waals surface area contributed by atoms with Gasteiger partial charge in [0, 0.05) is 33.1 Å². The number of nitrogens with zero attached hydrogens (tertiary/aromatic N) is 3. The smallest absolute Gasteiger partial charge is 0.248 e. The van der Waals surface area contributed by atoms with E-state index in [-0.39, 0.29) is 5.91 Å². The number of hydrazine groups is 2. The normalized spacial score (nSPS) is 11.1. The van der Waals surface area contributed by atoms with E-state index in [4.69, 9.17) is 0 Å². The molecule has 0 aromatic heterocycles. The van der Waals surface area contributed by atoms with E-state index >= 15 is 0 Å². The molecule has 4 nitrogen and oxygen atoms in total. The number of amides is 1. The first-order valence-electron chi connectivity index (χ1n) is 5.42. The Morgan fingerprint density at radius 2 is 1.14 bits per heavy atom. The van der Waals surface area contributed by atoms with Crippen molar-refractivity contribution in [1.82, 2.24) is 15.1 Å². The second-order valence-corrected chi connectivity index (χ2v) is 3.09. The summed E-state index contributed by atoms with van der Waals surface area (Å²) >= 11 is 0. The molecule has 4 heteroatoms. The van der Waals surface area contributed by atoms with Crippen LogP contribution in [0.3, 0.4) is 0 Å². The topological polar surface area (TPSA) is 26.8 Å². The fourth-order valence-electron chi connectivity index (χ4n) is 1.56. The molecule has 0 aromatic carbocycles. The van der Waals surface area contributed by atoms with Gasteiger partial charge in [-0.3, -0.25) is 4.79 Å². The van der Waals surface area contributed by atoms with Crippen LogP contribution in [0, 0.1) is 0 Å². The van der Waals surface area contributed by atoms with E-state index in [0.717, 1.165) is 26.2 Å². The number of hydrogen-bond donors (Lipinski definition) is 0. The fraction of sp³-hybridized carbons (Fsp3) is 0.900. The van der Waals surface area contributed by atoms with Gasteiger partial charge in [0.1, 0.15) is 0 Å². The maximum absolute atomic E-state index is 11.5. The van der Waals surface area contributed by atoms with Gasteiger partial charge >= 0.3 is 0 Å². The number of carbonyl (C=O) groups excluding carboxylic acids is 1. The molecule has 0 fully saturated rings. The maximum Gasteiger partial charge on any atom is 0.248 e. The molecule has 0 atom stereocenters. The van der Waals surface area contributed by atoms with Gasteiger partial charge in [-0.1, -0.05) is 27.7 Å². The molecule has 14 heavy (non-hydrogen) atoms. The lowest BCUT2D eigenvalue weighted by molar-refractivity contribution is -0.194. The van der Waals surface area contributed by atoms with E-state index in [0.29, 0.717) is 0 Å². The standard InChI is InChI=1S/C10H23N3O/c1-6-11(7-2)13(10(5)14)12(8-3)9-4/h6-9H2,1-5H3. The molecule has 84 valence electrons. The zero-order valence-electron chi connectivity index (χ0n) is 10.1. The van der Waals surface area contributed by atoms with Crippen LogP contribution in [0.4, 0.5) is 0 Å². The third-order valence-electron chi connectivity index (χ3n) is 2.28. The Hall–Kier alpha value is -0.610. The van der Waals surface area contributed by atoms with Crippen molar-refractivity contribution < 1.29 is 4.79 Å². The van der Waals surface area contributed by atoms with Gasteiger partial charge in [0.15, 0.2) is 0 Å². The fourth-order valence-corrected chi connectivity index (χ4v) is 1.56. The van der Waals surface area contributed by atoms with Crippen LogP contribution in [0.2, 0.25) is 0 Å². The summed E-state index contributed by atoms with van der Waals surface area (Å²) in [5.41, 5.74) is 0. The molecule has 0 aliphatic carbocycles. The van der Waals surface area contributed by atoms with Gasteiger partial charge < -0.3 is 0 Å². The van der Waals surface area contributed by atoms with Crippen molar-refractivity contribution in [2.24, 2.45) is 0 Å². The van der Waals surface area contributed by atoms with Gasteiger partial charge in [0.25, 0.3) is 0 Å². The van der Waals surface area contributed by atoms with Gasteiger partial charge in [-0.2, -0.15) is 0 Å². The highest BCUT2D eigenvalue weighted by Crippen LogP contribution is 2.04. The molecule has 0 radical (unpaired) electrons. The molecule has 0 bridgehead atoms. The lowest BCUT2D eigenvalue weighted by atomic mass is 10.5. The highest BCUT2D eigenvalue weighted by atomic mass is 16.2. The van der Waals surface area contributed by atoms with Gasteiger partial charge in [-0.05, 0) is 0 Å². The molecule has 0 aliphatic rings. The monoisotopic (exact) mass is 201 g/mol. The third kappa shape index (κ3) is 3.27. The van der Waals surface area contributed by atoms with E-state index in [1.54, 1.807) is 12.0 Å². The summed E-state index contributed by atoms with van der Waals surface area (Å²) in [6.45, 7) is 13.3. The quantitative estimate of drug-likeness (QED) is 0.607. The highest BCUT2D eigenvalue weighted by molar-refractivity contribution is 5.72. The molecule has 0 unspecified atom stereocenters. The van der Waals surface area contributed by atoms with Crippen LogP contribution >= 0.6 is 0 Å². The van der Waals surface area contributed by atoms with Gasteiger partial charge in [0.2, 0.25) is 5.91 Å². The first-order valence-corrected chi connectivity index (χ1v) is 5.42. The second-order valence-electron chi connectivity index (χ2n) is 3.09. The number of rotatable bonds is 6. The molecule has 1 amide bonds. The molecule has 0 saturated carbocycles. The average Bonchev–Trinajstić information content (AvgIpc) is 2.18. The van der Waals surface area contributed by atoms with Crippen LogP contribution < -0.4 is 0 Å². The minimum Gasteiger partial charge on any atom is -0.272 e. The Morgan fingerprint density at radius 1 is 0.857 bits per heavy atom. The minimum absolute atomic E-state index is 0.0809. The van der Waals surface area contributed by atoms with Crippen LogP contribution in [-0.4, -0.2) is 47.2 Å². The van der Waals surface area contributed by atoms with Crippen molar-refractivity contribution in [2.75, 3.05) is 26.2 Å². The maximum atomic E-state index is 11.5. The molecule has 0 heterocycles. The molecule has 0 N–H and O–H groups in total. The van der Waals surface area contributed by atoms with Crippen molar-refractivity contribution in [3.8, 4) is 0 Å². The predicted molar refractivity (Wildman–Crippen MR) is 58.4 cm³/mol. The SMILES string of the molecule is CCN(CC)N(C(C)=O)N(CC)CC.